The summed E-state index contributed by atoms with van der Waals surface area (Å²) in [6, 6.07) is 10.1. The molecular formula is C29H42ClNO2. The molecule has 0 aromatic heterocycles. The predicted molar refractivity (Wildman–Crippen MR) is 145 cm³/mol. The van der Waals surface area contributed by atoms with Gasteiger partial charge in [0.05, 0.1) is 6.61 Å². The molecule has 33 heavy (non-hydrogen) atoms. The van der Waals surface area contributed by atoms with E-state index >= 15 is 0 Å². The van der Waals surface area contributed by atoms with Gasteiger partial charge >= 0.3 is 0 Å². The van der Waals surface area contributed by atoms with Crippen LogP contribution in [0.4, 0.5) is 0 Å². The smallest absolute Gasteiger partial charge is 0.180 e. The number of aliphatic hydroxyl groups is 1. The number of aliphatic imine (C=N–C) groups is 1. The normalized spacial score (nSPS) is 10.9. The number of nitrogens with zero attached hydrogens (tertiary/aromatic N) is 1. The Kier molecular flexibility index (Phi) is 16.1. The fraction of sp³-hybridized carbons (Fsp3) is 0.448. The van der Waals surface area contributed by atoms with Crippen molar-refractivity contribution in [3.8, 4) is 0 Å². The maximum atomic E-state index is 11.4. The molecule has 4 heteroatoms. The Morgan fingerprint density at radius 3 is 2.00 bits per heavy atom. The molecule has 1 N–H and O–H groups in total. The minimum Gasteiger partial charge on any atom is -0.392 e. The summed E-state index contributed by atoms with van der Waals surface area (Å²) in [4.78, 5) is 15.5. The second-order valence-corrected chi connectivity index (χ2v) is 8.62. The molecule has 0 radical (unpaired) electrons. The molecule has 2 aromatic rings. The van der Waals surface area contributed by atoms with E-state index in [4.69, 9.17) is 16.7 Å². The number of allylic oxidation sites excluding steroid dienone is 2. The first-order chi connectivity index (χ1) is 15.6. The van der Waals surface area contributed by atoms with Crippen LogP contribution in [0.3, 0.4) is 0 Å². The number of hydrogen-bond donors (Lipinski definition) is 1. The highest BCUT2D eigenvalue weighted by molar-refractivity contribution is 6.31. The lowest BCUT2D eigenvalue weighted by Gasteiger charge is -2.06. The summed E-state index contributed by atoms with van der Waals surface area (Å²) in [5.41, 5.74) is 7.86. The van der Waals surface area contributed by atoms with Gasteiger partial charge < -0.3 is 5.11 Å². The lowest BCUT2D eigenvalue weighted by molar-refractivity contribution is -0.115. The Morgan fingerprint density at radius 2 is 1.58 bits per heavy atom. The second-order valence-electron chi connectivity index (χ2n) is 8.21. The molecule has 0 spiro atoms. The number of unbranched alkanes of at least 4 members (excludes halogenated alkanes) is 1. The van der Waals surface area contributed by atoms with Crippen molar-refractivity contribution in [3.05, 3.63) is 80.5 Å². The molecule has 0 bridgehead atoms. The van der Waals surface area contributed by atoms with E-state index < -0.39 is 0 Å². The quantitative estimate of drug-likeness (QED) is 0.326. The standard InChI is InChI=1S/C11H19NO.C10H14O.C8H9Cl/c1-4-7-9-12-10(6-3)11(13)8-5-2;1-7-4-10(6-11)5-8(2)9(7)3;1-6-3-4-8(9)7(2)5-6/h6,9H,4-5,7-8H2,1-3H3;4-5,11H,6H2,1-3H3;3-5H,1-2H3/b10-6-,12-9?;;. The largest absolute Gasteiger partial charge is 0.392 e. The topological polar surface area (TPSA) is 49.7 Å². The zero-order valence-corrected chi connectivity index (χ0v) is 22.5. The number of carbonyl (C=O) groups excluding carboxylic acids is 1. The third kappa shape index (κ3) is 12.6. The minimum atomic E-state index is 0.141. The number of aryl methyl sites for hydroxylation is 4. The first-order valence-electron chi connectivity index (χ1n) is 11.7. The van der Waals surface area contributed by atoms with Crippen LogP contribution in [0.2, 0.25) is 5.02 Å². The SMILES string of the molecule is C/C=C(\N=CCCC)C(=O)CCC.Cc1cc(CO)cc(C)c1C.Cc1ccc(Cl)c(C)c1. The maximum Gasteiger partial charge on any atom is 0.180 e. The molecule has 0 fully saturated rings. The van der Waals surface area contributed by atoms with Crippen molar-refractivity contribution in [2.45, 2.75) is 87.7 Å². The average molecular weight is 472 g/mol. The molecule has 0 aliphatic rings. The van der Waals surface area contributed by atoms with Gasteiger partial charge in [-0.2, -0.15) is 0 Å². The molecule has 2 aromatic carbocycles. The zero-order chi connectivity index (χ0) is 25.4. The number of halogens is 1. The van der Waals surface area contributed by atoms with Crippen LogP contribution in [0.25, 0.3) is 0 Å². The number of benzene rings is 2. The third-order valence-electron chi connectivity index (χ3n) is 5.17. The van der Waals surface area contributed by atoms with E-state index in [0.29, 0.717) is 12.1 Å². The van der Waals surface area contributed by atoms with Crippen LogP contribution in [0, 0.1) is 34.6 Å². The van der Waals surface area contributed by atoms with E-state index in [-0.39, 0.29) is 12.4 Å². The molecular weight excluding hydrogens is 430 g/mol. The van der Waals surface area contributed by atoms with Crippen LogP contribution in [0.1, 0.15) is 79.8 Å². The molecule has 0 aliphatic carbocycles. The fourth-order valence-electron chi connectivity index (χ4n) is 2.97. The summed E-state index contributed by atoms with van der Waals surface area (Å²) in [7, 11) is 0. The minimum absolute atomic E-state index is 0.141. The first-order valence-corrected chi connectivity index (χ1v) is 12.1. The van der Waals surface area contributed by atoms with Crippen LogP contribution >= 0.6 is 11.6 Å². The van der Waals surface area contributed by atoms with E-state index in [1.807, 2.05) is 51.3 Å². The lowest BCUT2D eigenvalue weighted by Crippen LogP contribution is -1.99. The van der Waals surface area contributed by atoms with Crippen LogP contribution < -0.4 is 0 Å². The van der Waals surface area contributed by atoms with E-state index in [2.05, 4.69) is 45.7 Å². The Bertz CT molecular complexity index is 906. The van der Waals surface area contributed by atoms with E-state index in [1.165, 1.54) is 22.3 Å². The van der Waals surface area contributed by atoms with Gasteiger partial charge in [-0.25, -0.2) is 0 Å². The molecule has 0 saturated heterocycles. The Morgan fingerprint density at radius 1 is 0.970 bits per heavy atom. The van der Waals surface area contributed by atoms with E-state index in [9.17, 15) is 4.79 Å². The molecule has 182 valence electrons. The molecule has 0 amide bonds. The molecule has 0 aliphatic heterocycles. The number of Topliss-reactive ketones (excluding diaryl/α,β-unsaturated/α-hetero) is 1. The molecule has 0 unspecified atom stereocenters. The van der Waals surface area contributed by atoms with Gasteiger partial charge in [0.1, 0.15) is 5.70 Å². The highest BCUT2D eigenvalue weighted by Gasteiger charge is 2.04. The van der Waals surface area contributed by atoms with Crippen molar-refractivity contribution in [2.75, 3.05) is 0 Å². The van der Waals surface area contributed by atoms with Gasteiger partial charge in [0.25, 0.3) is 0 Å². The van der Waals surface area contributed by atoms with Crippen molar-refractivity contribution < 1.29 is 9.90 Å². The third-order valence-corrected chi connectivity index (χ3v) is 5.59. The Hall–Kier alpha value is -2.23. The van der Waals surface area contributed by atoms with Crippen LogP contribution in [-0.4, -0.2) is 17.1 Å². The molecule has 3 nitrogen and oxygen atoms in total. The van der Waals surface area contributed by atoms with Crippen LogP contribution in [-0.2, 0) is 11.4 Å². The van der Waals surface area contributed by atoms with Gasteiger partial charge in [0, 0.05) is 17.7 Å². The highest BCUT2D eigenvalue weighted by atomic mass is 35.5. The summed E-state index contributed by atoms with van der Waals surface area (Å²) >= 11 is 5.78. The van der Waals surface area contributed by atoms with Gasteiger partial charge in [-0.1, -0.05) is 67.8 Å². The van der Waals surface area contributed by atoms with Crippen molar-refractivity contribution in [1.82, 2.24) is 0 Å². The summed E-state index contributed by atoms with van der Waals surface area (Å²) in [5, 5.41) is 9.73. The van der Waals surface area contributed by atoms with Gasteiger partial charge in [-0.15, -0.1) is 0 Å². The maximum absolute atomic E-state index is 11.4. The summed E-state index contributed by atoms with van der Waals surface area (Å²) in [6.07, 6.45) is 7.11. The molecule has 0 atom stereocenters. The zero-order valence-electron chi connectivity index (χ0n) is 21.8. The summed E-state index contributed by atoms with van der Waals surface area (Å²) in [6.45, 7) is 16.4. The predicted octanol–water partition coefficient (Wildman–Crippen LogP) is 8.19. The number of hydrogen-bond acceptors (Lipinski definition) is 3. The van der Waals surface area contributed by atoms with Crippen molar-refractivity contribution in [1.29, 1.82) is 0 Å². The average Bonchev–Trinajstić information content (AvgIpc) is 2.78. The van der Waals surface area contributed by atoms with Crippen molar-refractivity contribution in [3.63, 3.8) is 0 Å². The van der Waals surface area contributed by atoms with Crippen molar-refractivity contribution >= 4 is 23.6 Å². The summed E-state index contributed by atoms with van der Waals surface area (Å²) in [5.74, 6) is 0.150. The second kappa shape index (κ2) is 17.3. The Labute approximate surface area is 206 Å². The van der Waals surface area contributed by atoms with Gasteiger partial charge in [-0.3, -0.25) is 9.79 Å². The van der Waals surface area contributed by atoms with Gasteiger partial charge in [0.15, 0.2) is 5.78 Å². The van der Waals surface area contributed by atoms with E-state index in [0.717, 1.165) is 35.4 Å². The number of rotatable bonds is 7. The molecule has 2 rings (SSSR count). The summed E-state index contributed by atoms with van der Waals surface area (Å²) < 4.78 is 0. The van der Waals surface area contributed by atoms with Crippen LogP contribution in [0.5, 0.6) is 0 Å². The number of carbonyl (C=O) groups is 1. The lowest BCUT2D eigenvalue weighted by atomic mass is 10.0. The monoisotopic (exact) mass is 471 g/mol. The highest BCUT2D eigenvalue weighted by Crippen LogP contribution is 2.15. The van der Waals surface area contributed by atoms with Gasteiger partial charge in [-0.05, 0) is 88.3 Å². The number of ketones is 1. The fourth-order valence-corrected chi connectivity index (χ4v) is 3.08. The molecule has 0 heterocycles. The first kappa shape index (κ1) is 30.8. The van der Waals surface area contributed by atoms with Gasteiger partial charge in [0.2, 0.25) is 0 Å². The number of aliphatic hydroxyl groups excluding tert-OH is 1. The Balaban J connectivity index is 0.000000472. The van der Waals surface area contributed by atoms with Crippen molar-refractivity contribution in [2.24, 2.45) is 4.99 Å². The van der Waals surface area contributed by atoms with E-state index in [1.54, 1.807) is 6.08 Å². The molecule has 0 saturated carbocycles. The van der Waals surface area contributed by atoms with Crippen LogP contribution in [0.15, 0.2) is 47.1 Å².